The van der Waals surface area contributed by atoms with Crippen molar-refractivity contribution in [2.45, 2.75) is 25.6 Å². The van der Waals surface area contributed by atoms with Crippen molar-refractivity contribution < 1.29 is 14.2 Å². The smallest absolute Gasteiger partial charge is 0.119 e. The van der Waals surface area contributed by atoms with Crippen molar-refractivity contribution in [2.24, 2.45) is 0 Å². The maximum absolute atomic E-state index is 5.90. The van der Waals surface area contributed by atoms with E-state index >= 15 is 0 Å². The van der Waals surface area contributed by atoms with Gasteiger partial charge in [0.25, 0.3) is 0 Å². The molecule has 0 atom stereocenters. The molecule has 42 heavy (non-hydrogen) atoms. The van der Waals surface area contributed by atoms with Gasteiger partial charge in [0.05, 0.1) is 23.0 Å². The van der Waals surface area contributed by atoms with Crippen molar-refractivity contribution in [3.8, 4) is 11.5 Å². The Balaban J connectivity index is 1.18. The molecule has 211 valence electrons. The Kier molecular flexibility index (Phi) is 12.2. The number of unbranched alkanes of at least 4 members (excludes halogenated alkanes) is 1. The molecule has 0 aromatic heterocycles. The third-order valence-electron chi connectivity index (χ3n) is 6.57. The third-order valence-corrected chi connectivity index (χ3v) is 6.91. The van der Waals surface area contributed by atoms with Crippen molar-refractivity contribution in [2.75, 3.05) is 13.2 Å². The number of benzene rings is 4. The molecule has 3 nitrogen and oxygen atoms in total. The highest BCUT2D eigenvalue weighted by atomic mass is 28.1. The molecular weight excluding hydrogens is 533 g/mol. The summed E-state index contributed by atoms with van der Waals surface area (Å²) in [5, 5.41) is 1.06. The highest BCUT2D eigenvalue weighted by Crippen LogP contribution is 2.18. The van der Waals surface area contributed by atoms with Crippen LogP contribution in [0, 0.1) is 0 Å². The molecule has 0 aliphatic rings. The molecule has 0 bridgehead atoms. The summed E-state index contributed by atoms with van der Waals surface area (Å²) >= 11 is 0. The zero-order chi connectivity index (χ0) is 29.4. The van der Waals surface area contributed by atoms with E-state index in [2.05, 4.69) is 108 Å². The summed E-state index contributed by atoms with van der Waals surface area (Å²) in [6.07, 6.45) is 13.8. The fourth-order valence-electron chi connectivity index (χ4n) is 4.07. The monoisotopic (exact) mass is 569 g/mol. The van der Waals surface area contributed by atoms with Gasteiger partial charge >= 0.3 is 0 Å². The van der Waals surface area contributed by atoms with E-state index in [9.17, 15) is 0 Å². The largest absolute Gasteiger partial charge is 0.494 e. The molecule has 3 radical (unpaired) electrons. The van der Waals surface area contributed by atoms with E-state index in [0.29, 0.717) is 19.8 Å². The van der Waals surface area contributed by atoms with Gasteiger partial charge in [0.1, 0.15) is 18.1 Å². The molecule has 4 heteroatoms. The standard InChI is InChI=1S/C38H37O3Si/c1-3-35(4-2)39-27-5-6-28-40-36-21-15-32(16-22-36)13-11-30-7-9-31(10-8-30)12-14-33-17-23-37(24-18-33)41-29-34-19-25-38(42)26-20-34/h3-4,7-26,35H,1-2,5-6,27-29H2/b13-11+,14-12+. The first-order valence-electron chi connectivity index (χ1n) is 14.2. The molecule has 0 saturated heterocycles. The molecule has 0 amide bonds. The van der Waals surface area contributed by atoms with Crippen LogP contribution < -0.4 is 14.7 Å². The lowest BCUT2D eigenvalue weighted by Gasteiger charge is -2.09. The molecule has 0 N–H and O–H groups in total. The molecule has 0 heterocycles. The molecule has 4 rings (SSSR count). The van der Waals surface area contributed by atoms with Crippen LogP contribution in [0.25, 0.3) is 24.3 Å². The van der Waals surface area contributed by atoms with E-state index in [1.54, 1.807) is 12.2 Å². The van der Waals surface area contributed by atoms with E-state index in [1.807, 2.05) is 36.4 Å². The highest BCUT2D eigenvalue weighted by Gasteiger charge is 2.00. The Morgan fingerprint density at radius 2 is 0.976 bits per heavy atom. The summed E-state index contributed by atoms with van der Waals surface area (Å²) in [6.45, 7) is 9.34. The van der Waals surface area contributed by atoms with E-state index in [1.165, 1.54) is 0 Å². The van der Waals surface area contributed by atoms with Crippen LogP contribution in [0.3, 0.4) is 0 Å². The quantitative estimate of drug-likeness (QED) is 0.0588. The van der Waals surface area contributed by atoms with E-state index < -0.39 is 0 Å². The van der Waals surface area contributed by atoms with Gasteiger partial charge in [0.2, 0.25) is 0 Å². The van der Waals surface area contributed by atoms with Gasteiger partial charge in [0.15, 0.2) is 0 Å². The van der Waals surface area contributed by atoms with Gasteiger partial charge in [-0.05, 0) is 64.9 Å². The van der Waals surface area contributed by atoms with Crippen molar-refractivity contribution in [3.05, 3.63) is 150 Å². The minimum atomic E-state index is -0.0780. The molecule has 0 fully saturated rings. The molecule has 0 unspecified atom stereocenters. The summed E-state index contributed by atoms with van der Waals surface area (Å²) < 4.78 is 17.4. The predicted molar refractivity (Wildman–Crippen MR) is 178 cm³/mol. The second kappa shape index (κ2) is 16.8. The van der Waals surface area contributed by atoms with Crippen LogP contribution in [0.2, 0.25) is 0 Å². The SMILES string of the molecule is C=CC(C=C)OCCCCOc1ccc(/C=C/c2ccc(/C=C/c3ccc(OCc4ccc([Si])cc4)cc3)cc2)cc1. The van der Waals surface area contributed by atoms with Crippen molar-refractivity contribution in [1.82, 2.24) is 0 Å². The minimum Gasteiger partial charge on any atom is -0.494 e. The summed E-state index contributed by atoms with van der Waals surface area (Å²) in [4.78, 5) is 0. The van der Waals surface area contributed by atoms with Crippen LogP contribution >= 0.6 is 0 Å². The summed E-state index contributed by atoms with van der Waals surface area (Å²) in [6, 6.07) is 33.0. The topological polar surface area (TPSA) is 27.7 Å². The fraction of sp³-hybridized carbons (Fsp3) is 0.158. The van der Waals surface area contributed by atoms with Gasteiger partial charge in [-0.3, -0.25) is 0 Å². The maximum Gasteiger partial charge on any atom is 0.119 e. The second-order valence-corrected chi connectivity index (χ2v) is 10.4. The first-order chi connectivity index (χ1) is 20.6. The number of hydrogen-bond donors (Lipinski definition) is 0. The zero-order valence-corrected chi connectivity index (χ0v) is 25.0. The van der Waals surface area contributed by atoms with Gasteiger partial charge in [-0.25, -0.2) is 0 Å². The fourth-order valence-corrected chi connectivity index (χ4v) is 4.23. The third kappa shape index (κ3) is 10.5. The number of rotatable bonds is 16. The summed E-state index contributed by atoms with van der Waals surface area (Å²) in [5.41, 5.74) is 5.69. The van der Waals surface area contributed by atoms with E-state index in [4.69, 9.17) is 14.2 Å². The van der Waals surface area contributed by atoms with Gasteiger partial charge in [-0.1, -0.05) is 114 Å². The molecule has 4 aromatic rings. The van der Waals surface area contributed by atoms with Crippen LogP contribution in [0.1, 0.15) is 40.7 Å². The van der Waals surface area contributed by atoms with Gasteiger partial charge in [0, 0.05) is 6.61 Å². The number of ether oxygens (including phenoxy) is 3. The summed E-state index contributed by atoms with van der Waals surface area (Å²) in [7, 11) is 3.51. The molecular formula is C38H37O3Si. The van der Waals surface area contributed by atoms with Crippen LogP contribution in [0.4, 0.5) is 0 Å². The predicted octanol–water partition coefficient (Wildman–Crippen LogP) is 8.32. The number of hydrogen-bond acceptors (Lipinski definition) is 3. The van der Waals surface area contributed by atoms with Crippen LogP contribution in [-0.2, 0) is 11.3 Å². The normalized spacial score (nSPS) is 11.3. The van der Waals surface area contributed by atoms with Gasteiger partial charge in [-0.15, -0.1) is 13.2 Å². The Morgan fingerprint density at radius 1 is 0.548 bits per heavy atom. The lowest BCUT2D eigenvalue weighted by molar-refractivity contribution is 0.109. The Bertz CT molecular complexity index is 1430. The Hall–Kier alpha value is -4.38. The zero-order valence-electron chi connectivity index (χ0n) is 24.0. The highest BCUT2D eigenvalue weighted by molar-refractivity contribution is 6.32. The van der Waals surface area contributed by atoms with E-state index in [0.717, 1.165) is 57.3 Å². The first-order valence-corrected chi connectivity index (χ1v) is 14.7. The second-order valence-electron chi connectivity index (χ2n) is 9.82. The first kappa shape index (κ1) is 30.6. The van der Waals surface area contributed by atoms with Crippen LogP contribution in [0.15, 0.2) is 122 Å². The van der Waals surface area contributed by atoms with Crippen molar-refractivity contribution in [3.63, 3.8) is 0 Å². The van der Waals surface area contributed by atoms with Crippen molar-refractivity contribution in [1.29, 1.82) is 0 Å². The van der Waals surface area contributed by atoms with Crippen molar-refractivity contribution >= 4 is 39.7 Å². The van der Waals surface area contributed by atoms with Gasteiger partial charge < -0.3 is 14.2 Å². The van der Waals surface area contributed by atoms with E-state index in [-0.39, 0.29) is 6.10 Å². The lowest BCUT2D eigenvalue weighted by Crippen LogP contribution is -2.08. The van der Waals surface area contributed by atoms with Crippen LogP contribution in [0.5, 0.6) is 11.5 Å². The molecule has 0 aliphatic carbocycles. The maximum atomic E-state index is 5.90. The Morgan fingerprint density at radius 3 is 1.45 bits per heavy atom. The van der Waals surface area contributed by atoms with Gasteiger partial charge in [-0.2, -0.15) is 0 Å². The lowest BCUT2D eigenvalue weighted by atomic mass is 10.1. The average molecular weight is 570 g/mol. The molecule has 0 spiro atoms. The van der Waals surface area contributed by atoms with Crippen LogP contribution in [-0.4, -0.2) is 29.6 Å². The Labute approximate surface area is 253 Å². The molecule has 4 aromatic carbocycles. The molecule has 0 saturated carbocycles. The molecule has 0 aliphatic heterocycles. The average Bonchev–Trinajstić information content (AvgIpc) is 3.04. The summed E-state index contributed by atoms with van der Waals surface area (Å²) in [5.74, 6) is 1.73. The minimum absolute atomic E-state index is 0.0780.